The largest absolute Gasteiger partial charge is 0.497 e. The van der Waals surface area contributed by atoms with E-state index in [-0.39, 0.29) is 12.5 Å². The zero-order valence-corrected chi connectivity index (χ0v) is 14.9. The van der Waals surface area contributed by atoms with Crippen molar-refractivity contribution >= 4 is 23.4 Å². The zero-order valence-electron chi connectivity index (χ0n) is 14.1. The minimum Gasteiger partial charge on any atom is -0.497 e. The first-order valence-corrected chi connectivity index (χ1v) is 8.78. The molecule has 0 aromatic heterocycles. The lowest BCUT2D eigenvalue weighted by molar-refractivity contribution is -0.119. The fraction of sp³-hybridized carbons (Fsp3) is 0.278. The maximum absolute atomic E-state index is 12.4. The summed E-state index contributed by atoms with van der Waals surface area (Å²) in [5.41, 5.74) is 1.39. The number of hydrogen-bond donors (Lipinski definition) is 2. The maximum Gasteiger partial charge on any atom is 0.398 e. The number of alkyl halides is 3. The Bertz CT molecular complexity index is 738. The van der Waals surface area contributed by atoms with Gasteiger partial charge in [-0.2, -0.15) is 13.2 Å². The number of nitrogens with one attached hydrogen (secondary N) is 2. The van der Waals surface area contributed by atoms with Crippen molar-refractivity contribution in [2.75, 3.05) is 24.7 Å². The Labute approximate surface area is 154 Å². The quantitative estimate of drug-likeness (QED) is 0.674. The molecule has 8 heteroatoms. The van der Waals surface area contributed by atoms with Crippen LogP contribution in [0.1, 0.15) is 5.56 Å². The molecule has 0 radical (unpaired) electrons. The predicted molar refractivity (Wildman–Crippen MR) is 96.6 cm³/mol. The van der Waals surface area contributed by atoms with Crippen LogP contribution in [0.3, 0.4) is 0 Å². The number of anilines is 1. The predicted octanol–water partition coefficient (Wildman–Crippen LogP) is 4.08. The molecule has 140 valence electrons. The first-order valence-electron chi connectivity index (χ1n) is 7.79. The van der Waals surface area contributed by atoms with E-state index in [1.54, 1.807) is 31.4 Å². The van der Waals surface area contributed by atoms with Crippen LogP contribution in [0.4, 0.5) is 18.9 Å². The third-order valence-electron chi connectivity index (χ3n) is 3.34. The molecule has 0 saturated heterocycles. The number of methoxy groups -OCH3 is 1. The Balaban J connectivity index is 1.85. The molecule has 0 bridgehead atoms. The average molecular weight is 384 g/mol. The molecule has 0 fully saturated rings. The molecule has 0 aliphatic carbocycles. The summed E-state index contributed by atoms with van der Waals surface area (Å²) in [6.45, 7) is 0.301. The Kier molecular flexibility index (Phi) is 7.20. The highest BCUT2D eigenvalue weighted by atomic mass is 32.2. The van der Waals surface area contributed by atoms with Crippen molar-refractivity contribution in [1.29, 1.82) is 0 Å². The summed E-state index contributed by atoms with van der Waals surface area (Å²) in [7, 11) is 1.57. The van der Waals surface area contributed by atoms with Crippen LogP contribution < -0.4 is 15.4 Å². The summed E-state index contributed by atoms with van der Waals surface area (Å²) in [4.78, 5) is 12.4. The number of para-hydroxylation sites is 1. The SMILES string of the molecule is COc1cccc(CNC(=O)CNc2ccccc2SCC(F)(F)F)c1. The summed E-state index contributed by atoms with van der Waals surface area (Å²) in [5, 5.41) is 5.64. The Morgan fingerprint density at radius 1 is 1.15 bits per heavy atom. The van der Waals surface area contributed by atoms with Crippen LogP contribution in [-0.2, 0) is 11.3 Å². The molecular formula is C18H19F3N2O2S. The average Bonchev–Trinajstić information content (AvgIpc) is 2.63. The Morgan fingerprint density at radius 3 is 2.65 bits per heavy atom. The first kappa shape index (κ1) is 20.0. The van der Waals surface area contributed by atoms with E-state index in [1.165, 1.54) is 0 Å². The van der Waals surface area contributed by atoms with Crippen molar-refractivity contribution in [3.8, 4) is 5.75 Å². The number of carbonyl (C=O) groups excluding carboxylic acids is 1. The number of thioether (sulfide) groups is 1. The van der Waals surface area contributed by atoms with E-state index in [9.17, 15) is 18.0 Å². The molecule has 26 heavy (non-hydrogen) atoms. The second-order valence-corrected chi connectivity index (χ2v) is 6.40. The minimum atomic E-state index is -4.24. The van der Waals surface area contributed by atoms with Crippen LogP contribution in [0.15, 0.2) is 53.4 Å². The molecule has 4 nitrogen and oxygen atoms in total. The van der Waals surface area contributed by atoms with Crippen molar-refractivity contribution in [2.45, 2.75) is 17.6 Å². The van der Waals surface area contributed by atoms with Gasteiger partial charge in [0.2, 0.25) is 5.91 Å². The number of hydrogen-bond acceptors (Lipinski definition) is 4. The van der Waals surface area contributed by atoms with Crippen molar-refractivity contribution < 1.29 is 22.7 Å². The van der Waals surface area contributed by atoms with E-state index in [4.69, 9.17) is 4.74 Å². The highest BCUT2D eigenvalue weighted by Gasteiger charge is 2.27. The Hall–Kier alpha value is -2.35. The minimum absolute atomic E-state index is 0.0342. The lowest BCUT2D eigenvalue weighted by atomic mass is 10.2. The van der Waals surface area contributed by atoms with Crippen LogP contribution in [-0.4, -0.2) is 31.5 Å². The lowest BCUT2D eigenvalue weighted by Gasteiger charge is -2.13. The summed E-state index contributed by atoms with van der Waals surface area (Å²) >= 11 is 0.687. The van der Waals surface area contributed by atoms with Gasteiger partial charge >= 0.3 is 6.18 Å². The standard InChI is InChI=1S/C18H19F3N2O2S/c1-25-14-6-4-5-13(9-14)10-23-17(24)11-22-15-7-2-3-8-16(15)26-12-18(19,20)21/h2-9,22H,10-12H2,1H3,(H,23,24). The highest BCUT2D eigenvalue weighted by Crippen LogP contribution is 2.31. The van der Waals surface area contributed by atoms with Gasteiger partial charge in [0, 0.05) is 17.1 Å². The highest BCUT2D eigenvalue weighted by molar-refractivity contribution is 7.99. The van der Waals surface area contributed by atoms with Crippen LogP contribution in [0.2, 0.25) is 0 Å². The van der Waals surface area contributed by atoms with E-state index in [0.717, 1.165) is 5.56 Å². The molecule has 0 saturated carbocycles. The van der Waals surface area contributed by atoms with Gasteiger partial charge in [-0.1, -0.05) is 24.3 Å². The van der Waals surface area contributed by atoms with Gasteiger partial charge in [-0.3, -0.25) is 4.79 Å². The summed E-state index contributed by atoms with van der Waals surface area (Å²) in [6.07, 6.45) is -4.24. The van der Waals surface area contributed by atoms with E-state index < -0.39 is 11.9 Å². The van der Waals surface area contributed by atoms with Crippen LogP contribution in [0, 0.1) is 0 Å². The molecule has 0 heterocycles. The molecule has 0 unspecified atom stereocenters. The number of rotatable bonds is 8. The number of carbonyl (C=O) groups is 1. The van der Waals surface area contributed by atoms with Gasteiger partial charge in [-0.25, -0.2) is 0 Å². The van der Waals surface area contributed by atoms with Crippen molar-refractivity contribution in [3.63, 3.8) is 0 Å². The molecule has 0 spiro atoms. The molecule has 1 amide bonds. The summed E-state index contributed by atoms with van der Waals surface area (Å²) in [6, 6.07) is 13.9. The van der Waals surface area contributed by atoms with Crippen molar-refractivity contribution in [1.82, 2.24) is 5.32 Å². The molecule has 2 rings (SSSR count). The van der Waals surface area contributed by atoms with Gasteiger partial charge in [0.05, 0.1) is 19.4 Å². The van der Waals surface area contributed by atoms with E-state index in [2.05, 4.69) is 10.6 Å². The topological polar surface area (TPSA) is 50.4 Å². The molecule has 2 N–H and O–H groups in total. The van der Waals surface area contributed by atoms with Crippen LogP contribution >= 0.6 is 11.8 Å². The molecule has 0 aliphatic rings. The number of halogens is 3. The maximum atomic E-state index is 12.4. The van der Waals surface area contributed by atoms with Crippen LogP contribution in [0.25, 0.3) is 0 Å². The normalized spacial score (nSPS) is 11.1. The number of amides is 1. The second kappa shape index (κ2) is 9.38. The van der Waals surface area contributed by atoms with Crippen LogP contribution in [0.5, 0.6) is 5.75 Å². The second-order valence-electron chi connectivity index (χ2n) is 5.38. The third kappa shape index (κ3) is 6.87. The first-order chi connectivity index (χ1) is 12.4. The van der Waals surface area contributed by atoms with Gasteiger partial charge in [0.1, 0.15) is 5.75 Å². The zero-order chi connectivity index (χ0) is 19.0. The van der Waals surface area contributed by atoms with Crippen molar-refractivity contribution in [3.05, 3.63) is 54.1 Å². The lowest BCUT2D eigenvalue weighted by Crippen LogP contribution is -2.29. The monoisotopic (exact) mass is 384 g/mol. The number of benzene rings is 2. The molecular weight excluding hydrogens is 365 g/mol. The summed E-state index contributed by atoms with van der Waals surface area (Å²) in [5.74, 6) is -0.540. The fourth-order valence-corrected chi connectivity index (χ4v) is 2.91. The van der Waals surface area contributed by atoms with Gasteiger partial charge in [0.15, 0.2) is 0 Å². The fourth-order valence-electron chi connectivity index (χ4n) is 2.12. The molecule has 0 atom stereocenters. The number of ether oxygens (including phenoxy) is 1. The van der Waals surface area contributed by atoms with Gasteiger partial charge in [-0.15, -0.1) is 11.8 Å². The van der Waals surface area contributed by atoms with E-state index in [0.29, 0.717) is 34.6 Å². The third-order valence-corrected chi connectivity index (χ3v) is 4.48. The Morgan fingerprint density at radius 2 is 1.92 bits per heavy atom. The smallest absolute Gasteiger partial charge is 0.398 e. The van der Waals surface area contributed by atoms with Crippen molar-refractivity contribution in [2.24, 2.45) is 0 Å². The van der Waals surface area contributed by atoms with Gasteiger partial charge in [0.25, 0.3) is 0 Å². The van der Waals surface area contributed by atoms with E-state index >= 15 is 0 Å². The van der Waals surface area contributed by atoms with Gasteiger partial charge < -0.3 is 15.4 Å². The van der Waals surface area contributed by atoms with Gasteiger partial charge in [-0.05, 0) is 29.8 Å². The molecule has 2 aromatic rings. The summed E-state index contributed by atoms with van der Waals surface area (Å²) < 4.78 is 42.3. The molecule has 0 aliphatic heterocycles. The van der Waals surface area contributed by atoms with E-state index in [1.807, 2.05) is 24.3 Å². The molecule has 2 aromatic carbocycles.